The number of nitrogens with zero attached hydrogens (tertiary/aromatic N) is 3. The minimum Gasteiger partial charge on any atom is -0.481 e. The molecule has 1 N–H and O–H groups in total. The molecule has 5 nitrogen and oxygen atoms in total. The predicted molar refractivity (Wildman–Crippen MR) is 78.8 cm³/mol. The minimum absolute atomic E-state index is 0.120. The van der Waals surface area contributed by atoms with Gasteiger partial charge >= 0.3 is 5.97 Å². The van der Waals surface area contributed by atoms with E-state index in [1.54, 1.807) is 22.8 Å². The number of rotatable bonds is 4. The van der Waals surface area contributed by atoms with Gasteiger partial charge < -0.3 is 5.11 Å². The highest BCUT2D eigenvalue weighted by Gasteiger charge is 2.25. The molecule has 1 heterocycles. The average molecular weight is 309 g/mol. The number of hydrogen-bond acceptors (Lipinski definition) is 4. The molecule has 0 saturated heterocycles. The Kier molecular flexibility index (Phi) is 4.32. The van der Waals surface area contributed by atoms with Gasteiger partial charge in [-0.05, 0) is 32.9 Å². The summed E-state index contributed by atoms with van der Waals surface area (Å²) in [4.78, 5) is 10.7. The van der Waals surface area contributed by atoms with E-state index in [9.17, 15) is 9.18 Å². The molecule has 0 fully saturated rings. The quantitative estimate of drug-likeness (QED) is 0.879. The van der Waals surface area contributed by atoms with Crippen molar-refractivity contribution in [2.24, 2.45) is 0 Å². The van der Waals surface area contributed by atoms with Gasteiger partial charge in [0.2, 0.25) is 0 Å². The van der Waals surface area contributed by atoms with E-state index in [-0.39, 0.29) is 11.6 Å². The molecular formula is C14H16FN3O2S. The van der Waals surface area contributed by atoms with E-state index in [1.165, 1.54) is 6.07 Å². The molecule has 0 bridgehead atoms. The molecule has 21 heavy (non-hydrogen) atoms. The highest BCUT2D eigenvalue weighted by atomic mass is 32.2. The number of benzene rings is 1. The lowest BCUT2D eigenvalue weighted by molar-refractivity contribution is -0.133. The lowest BCUT2D eigenvalue weighted by Gasteiger charge is -2.24. The molecular weight excluding hydrogens is 293 g/mol. The standard InChI is InChI=1S/C14H16FN3O2S/c1-14(2,3)18-12(9-6-4-5-7-10(9)15)16-17-13(18)21-8-11(19)20/h4-7H,8H2,1-3H3,(H,19,20). The summed E-state index contributed by atoms with van der Waals surface area (Å²) in [6, 6.07) is 6.33. The van der Waals surface area contributed by atoms with Crippen molar-refractivity contribution in [2.75, 3.05) is 5.75 Å². The van der Waals surface area contributed by atoms with Crippen LogP contribution in [0.15, 0.2) is 29.4 Å². The van der Waals surface area contributed by atoms with E-state index in [0.29, 0.717) is 16.5 Å². The second-order valence-electron chi connectivity index (χ2n) is 5.47. The summed E-state index contributed by atoms with van der Waals surface area (Å²) in [7, 11) is 0. The van der Waals surface area contributed by atoms with Crippen molar-refractivity contribution in [1.82, 2.24) is 14.8 Å². The first-order valence-electron chi connectivity index (χ1n) is 6.36. The molecule has 0 unspecified atom stereocenters. The number of halogens is 1. The van der Waals surface area contributed by atoms with Crippen LogP contribution in [-0.2, 0) is 10.3 Å². The third-order valence-corrected chi connectivity index (χ3v) is 3.66. The molecule has 0 atom stereocenters. The van der Waals surface area contributed by atoms with Gasteiger partial charge in [-0.15, -0.1) is 10.2 Å². The second-order valence-corrected chi connectivity index (χ2v) is 6.42. The fourth-order valence-corrected chi connectivity index (χ4v) is 2.75. The molecule has 112 valence electrons. The zero-order chi connectivity index (χ0) is 15.6. The van der Waals surface area contributed by atoms with Crippen molar-refractivity contribution in [3.63, 3.8) is 0 Å². The summed E-state index contributed by atoms with van der Waals surface area (Å²) in [5.74, 6) is -1.04. The van der Waals surface area contributed by atoms with E-state index in [2.05, 4.69) is 10.2 Å². The Morgan fingerprint density at radius 2 is 2.00 bits per heavy atom. The first-order chi connectivity index (χ1) is 9.80. The summed E-state index contributed by atoms with van der Waals surface area (Å²) in [5.41, 5.74) is -0.0517. The molecule has 2 rings (SSSR count). The Morgan fingerprint density at radius 1 is 1.33 bits per heavy atom. The minimum atomic E-state index is -0.934. The van der Waals surface area contributed by atoms with Gasteiger partial charge in [-0.1, -0.05) is 23.9 Å². The Balaban J connectivity index is 2.52. The zero-order valence-electron chi connectivity index (χ0n) is 12.0. The number of hydrogen-bond donors (Lipinski definition) is 1. The van der Waals surface area contributed by atoms with Gasteiger partial charge in [0.1, 0.15) is 5.82 Å². The monoisotopic (exact) mass is 309 g/mol. The molecule has 0 aliphatic carbocycles. The Morgan fingerprint density at radius 3 is 2.57 bits per heavy atom. The van der Waals surface area contributed by atoms with E-state index in [1.807, 2.05) is 20.8 Å². The topological polar surface area (TPSA) is 68.0 Å². The van der Waals surface area contributed by atoms with Gasteiger partial charge in [0.25, 0.3) is 0 Å². The van der Waals surface area contributed by atoms with E-state index >= 15 is 0 Å². The van der Waals surface area contributed by atoms with Crippen LogP contribution in [0.3, 0.4) is 0 Å². The van der Waals surface area contributed by atoms with Crippen LogP contribution in [0.25, 0.3) is 11.4 Å². The first kappa shape index (κ1) is 15.5. The summed E-state index contributed by atoms with van der Waals surface area (Å²) in [6.45, 7) is 5.81. The Bertz CT molecular complexity index is 664. The molecule has 0 spiro atoms. The lowest BCUT2D eigenvalue weighted by Crippen LogP contribution is -2.24. The third kappa shape index (κ3) is 3.41. The normalized spacial score (nSPS) is 11.6. The van der Waals surface area contributed by atoms with Gasteiger partial charge in [-0.25, -0.2) is 4.39 Å². The lowest BCUT2D eigenvalue weighted by atomic mass is 10.1. The van der Waals surface area contributed by atoms with Crippen LogP contribution in [0.5, 0.6) is 0 Å². The number of aliphatic carboxylic acids is 1. The molecule has 0 radical (unpaired) electrons. The van der Waals surface area contributed by atoms with E-state index in [4.69, 9.17) is 5.11 Å². The van der Waals surface area contributed by atoms with Gasteiger partial charge in [-0.2, -0.15) is 0 Å². The third-order valence-electron chi connectivity index (χ3n) is 2.74. The van der Waals surface area contributed by atoms with Crippen molar-refractivity contribution in [3.05, 3.63) is 30.1 Å². The van der Waals surface area contributed by atoms with Crippen LogP contribution in [0.2, 0.25) is 0 Å². The highest BCUT2D eigenvalue weighted by Crippen LogP contribution is 2.31. The molecule has 0 aliphatic rings. The predicted octanol–water partition coefficient (Wildman–Crippen LogP) is 3.02. The van der Waals surface area contributed by atoms with Gasteiger partial charge in [0.05, 0.1) is 11.3 Å². The smallest absolute Gasteiger partial charge is 0.313 e. The van der Waals surface area contributed by atoms with Crippen LogP contribution in [0, 0.1) is 5.82 Å². The van der Waals surface area contributed by atoms with Crippen molar-refractivity contribution in [2.45, 2.75) is 31.5 Å². The fraction of sp³-hybridized carbons (Fsp3) is 0.357. The van der Waals surface area contributed by atoms with Crippen molar-refractivity contribution >= 4 is 17.7 Å². The molecule has 0 amide bonds. The van der Waals surface area contributed by atoms with Crippen LogP contribution < -0.4 is 0 Å². The largest absolute Gasteiger partial charge is 0.481 e. The van der Waals surface area contributed by atoms with Crippen LogP contribution in [-0.4, -0.2) is 31.6 Å². The fourth-order valence-electron chi connectivity index (χ4n) is 1.91. The van der Waals surface area contributed by atoms with Crippen LogP contribution in [0.4, 0.5) is 4.39 Å². The van der Waals surface area contributed by atoms with Crippen LogP contribution >= 0.6 is 11.8 Å². The molecule has 1 aromatic heterocycles. The summed E-state index contributed by atoms with van der Waals surface area (Å²) in [5, 5.41) is 17.3. The molecule has 1 aromatic carbocycles. The number of thioether (sulfide) groups is 1. The van der Waals surface area contributed by atoms with Crippen molar-refractivity contribution < 1.29 is 14.3 Å². The van der Waals surface area contributed by atoms with Gasteiger partial charge in [0, 0.05) is 5.54 Å². The Labute approximate surface area is 126 Å². The first-order valence-corrected chi connectivity index (χ1v) is 7.34. The van der Waals surface area contributed by atoms with Crippen LogP contribution in [0.1, 0.15) is 20.8 Å². The maximum absolute atomic E-state index is 14.0. The van der Waals surface area contributed by atoms with E-state index < -0.39 is 11.5 Å². The number of aromatic nitrogens is 3. The molecule has 0 saturated carbocycles. The van der Waals surface area contributed by atoms with Crippen molar-refractivity contribution in [1.29, 1.82) is 0 Å². The summed E-state index contributed by atoms with van der Waals surface area (Å²) < 4.78 is 15.7. The number of carbonyl (C=O) groups is 1. The maximum Gasteiger partial charge on any atom is 0.313 e. The zero-order valence-corrected chi connectivity index (χ0v) is 12.8. The summed E-state index contributed by atoms with van der Waals surface area (Å²) >= 11 is 1.07. The van der Waals surface area contributed by atoms with Gasteiger partial charge in [-0.3, -0.25) is 9.36 Å². The molecule has 2 aromatic rings. The number of carboxylic acids is 1. The summed E-state index contributed by atoms with van der Waals surface area (Å²) in [6.07, 6.45) is 0. The highest BCUT2D eigenvalue weighted by molar-refractivity contribution is 7.99. The van der Waals surface area contributed by atoms with Crippen molar-refractivity contribution in [3.8, 4) is 11.4 Å². The maximum atomic E-state index is 14.0. The second kappa shape index (κ2) is 5.85. The molecule has 0 aliphatic heterocycles. The molecule has 7 heteroatoms. The average Bonchev–Trinajstić information content (AvgIpc) is 2.80. The van der Waals surface area contributed by atoms with Gasteiger partial charge in [0.15, 0.2) is 11.0 Å². The Hall–Kier alpha value is -1.89. The van der Waals surface area contributed by atoms with E-state index in [0.717, 1.165) is 11.8 Å². The SMILES string of the molecule is CC(C)(C)n1c(SCC(=O)O)nnc1-c1ccccc1F. The number of carboxylic acid groups (broad SMARTS) is 1.